The summed E-state index contributed by atoms with van der Waals surface area (Å²) in [4.78, 5) is 17.1. The van der Waals surface area contributed by atoms with E-state index >= 15 is 0 Å². The Morgan fingerprint density at radius 1 is 1.30 bits per heavy atom. The zero-order chi connectivity index (χ0) is 14.4. The minimum Gasteiger partial charge on any atom is -0.367 e. The summed E-state index contributed by atoms with van der Waals surface area (Å²) in [7, 11) is 0. The number of imidazole rings is 1. The van der Waals surface area contributed by atoms with Crippen molar-refractivity contribution in [2.24, 2.45) is 0 Å². The van der Waals surface area contributed by atoms with Gasteiger partial charge in [0.15, 0.2) is 5.78 Å². The lowest BCUT2D eigenvalue weighted by atomic mass is 9.87. The first-order chi connectivity index (χ1) is 9.72. The maximum absolute atomic E-state index is 12.8. The summed E-state index contributed by atoms with van der Waals surface area (Å²) in [5.74, 6) is 1.07. The molecule has 1 aliphatic carbocycles. The SMILES string of the molecule is CCOC1(C(=O)Cc2nccn2CC)CCCCCC1. The smallest absolute Gasteiger partial charge is 0.172 e. The van der Waals surface area contributed by atoms with Crippen molar-refractivity contribution in [3.8, 4) is 0 Å². The van der Waals surface area contributed by atoms with Crippen LogP contribution in [0.1, 0.15) is 58.2 Å². The van der Waals surface area contributed by atoms with Crippen LogP contribution in [0.3, 0.4) is 0 Å². The predicted molar refractivity (Wildman–Crippen MR) is 78.7 cm³/mol. The number of ketones is 1. The van der Waals surface area contributed by atoms with E-state index in [1.807, 2.05) is 17.7 Å². The van der Waals surface area contributed by atoms with Gasteiger partial charge < -0.3 is 9.30 Å². The Hall–Kier alpha value is -1.16. The van der Waals surface area contributed by atoms with Crippen molar-refractivity contribution in [3.63, 3.8) is 0 Å². The van der Waals surface area contributed by atoms with Crippen LogP contribution < -0.4 is 0 Å². The van der Waals surface area contributed by atoms with Gasteiger partial charge in [0, 0.05) is 25.5 Å². The Balaban J connectivity index is 2.14. The number of carbonyl (C=O) groups is 1. The fourth-order valence-electron chi connectivity index (χ4n) is 3.18. The molecule has 0 amide bonds. The molecule has 2 rings (SSSR count). The van der Waals surface area contributed by atoms with Crippen LogP contribution in [-0.4, -0.2) is 27.5 Å². The van der Waals surface area contributed by atoms with Gasteiger partial charge in [0.2, 0.25) is 0 Å². The van der Waals surface area contributed by atoms with Crippen LogP contribution in [0.5, 0.6) is 0 Å². The molecule has 4 heteroatoms. The molecule has 0 saturated heterocycles. The molecule has 0 N–H and O–H groups in total. The third-order valence-electron chi connectivity index (χ3n) is 4.30. The molecule has 1 saturated carbocycles. The van der Waals surface area contributed by atoms with Gasteiger partial charge in [-0.15, -0.1) is 0 Å². The van der Waals surface area contributed by atoms with Gasteiger partial charge in [-0.3, -0.25) is 4.79 Å². The van der Waals surface area contributed by atoms with Crippen molar-refractivity contribution >= 4 is 5.78 Å². The summed E-state index contributed by atoms with van der Waals surface area (Å²) in [6.45, 7) is 5.50. The minimum absolute atomic E-state index is 0.210. The first-order valence-corrected chi connectivity index (χ1v) is 7.89. The molecule has 1 aromatic rings. The Labute approximate surface area is 121 Å². The van der Waals surface area contributed by atoms with Crippen LogP contribution in [-0.2, 0) is 22.5 Å². The quantitative estimate of drug-likeness (QED) is 0.751. The number of Topliss-reactive ketones (excluding diaryl/α,β-unsaturated/α-hetero) is 1. The van der Waals surface area contributed by atoms with Crippen LogP contribution in [0.4, 0.5) is 0 Å². The molecule has 1 aromatic heterocycles. The van der Waals surface area contributed by atoms with Crippen LogP contribution in [0.25, 0.3) is 0 Å². The van der Waals surface area contributed by atoms with E-state index in [4.69, 9.17) is 4.74 Å². The number of hydrogen-bond donors (Lipinski definition) is 0. The second-order valence-corrected chi connectivity index (χ2v) is 5.57. The largest absolute Gasteiger partial charge is 0.367 e. The molecule has 20 heavy (non-hydrogen) atoms. The van der Waals surface area contributed by atoms with Crippen molar-refractivity contribution < 1.29 is 9.53 Å². The zero-order valence-corrected chi connectivity index (χ0v) is 12.7. The van der Waals surface area contributed by atoms with E-state index in [-0.39, 0.29) is 5.78 Å². The van der Waals surface area contributed by atoms with Gasteiger partial charge in [-0.2, -0.15) is 0 Å². The van der Waals surface area contributed by atoms with E-state index < -0.39 is 5.60 Å². The van der Waals surface area contributed by atoms with Crippen molar-refractivity contribution in [1.82, 2.24) is 9.55 Å². The van der Waals surface area contributed by atoms with Gasteiger partial charge in [-0.25, -0.2) is 4.98 Å². The predicted octanol–water partition coefficient (Wildman–Crippen LogP) is 3.14. The summed E-state index contributed by atoms with van der Waals surface area (Å²) in [6, 6.07) is 0. The van der Waals surface area contributed by atoms with Gasteiger partial charge in [0.25, 0.3) is 0 Å². The fourth-order valence-corrected chi connectivity index (χ4v) is 3.18. The zero-order valence-electron chi connectivity index (χ0n) is 12.7. The number of hydrogen-bond acceptors (Lipinski definition) is 3. The molecular weight excluding hydrogens is 252 g/mol. The van der Waals surface area contributed by atoms with E-state index in [2.05, 4.69) is 11.9 Å². The highest BCUT2D eigenvalue weighted by Gasteiger charge is 2.39. The summed E-state index contributed by atoms with van der Waals surface area (Å²) < 4.78 is 7.98. The Morgan fingerprint density at radius 2 is 2.00 bits per heavy atom. The number of aryl methyl sites for hydroxylation is 1. The Kier molecular flexibility index (Phi) is 5.35. The van der Waals surface area contributed by atoms with Crippen LogP contribution in [0.15, 0.2) is 12.4 Å². The van der Waals surface area contributed by atoms with Crippen LogP contribution >= 0.6 is 0 Å². The highest BCUT2D eigenvalue weighted by Crippen LogP contribution is 2.32. The maximum atomic E-state index is 12.8. The third-order valence-corrected chi connectivity index (χ3v) is 4.30. The molecule has 0 radical (unpaired) electrons. The molecule has 0 aliphatic heterocycles. The van der Waals surface area contributed by atoms with E-state index in [0.29, 0.717) is 13.0 Å². The molecule has 1 heterocycles. The summed E-state index contributed by atoms with van der Waals surface area (Å²) >= 11 is 0. The Bertz CT molecular complexity index is 431. The molecule has 1 fully saturated rings. The molecule has 0 unspecified atom stereocenters. The standard InChI is InChI=1S/C16H26N2O2/c1-3-18-12-11-17-15(18)13-14(19)16(20-4-2)9-7-5-6-8-10-16/h11-12H,3-10,13H2,1-2H3. The van der Waals surface area contributed by atoms with Crippen molar-refractivity contribution in [2.45, 2.75) is 70.9 Å². The molecule has 4 nitrogen and oxygen atoms in total. The van der Waals surface area contributed by atoms with Crippen molar-refractivity contribution in [3.05, 3.63) is 18.2 Å². The van der Waals surface area contributed by atoms with Gasteiger partial charge in [-0.1, -0.05) is 25.7 Å². The van der Waals surface area contributed by atoms with Crippen molar-refractivity contribution in [1.29, 1.82) is 0 Å². The highest BCUT2D eigenvalue weighted by molar-refractivity contribution is 5.88. The fraction of sp³-hybridized carbons (Fsp3) is 0.750. The number of nitrogens with zero attached hydrogens (tertiary/aromatic N) is 2. The van der Waals surface area contributed by atoms with E-state index in [9.17, 15) is 4.79 Å². The first-order valence-electron chi connectivity index (χ1n) is 7.89. The average molecular weight is 278 g/mol. The first kappa shape index (κ1) is 15.2. The number of carbonyl (C=O) groups excluding carboxylic acids is 1. The highest BCUT2D eigenvalue weighted by atomic mass is 16.5. The van der Waals surface area contributed by atoms with Gasteiger partial charge in [-0.05, 0) is 26.7 Å². The number of ether oxygens (including phenoxy) is 1. The van der Waals surface area contributed by atoms with Crippen LogP contribution in [0, 0.1) is 0 Å². The van der Waals surface area contributed by atoms with E-state index in [0.717, 1.165) is 38.1 Å². The van der Waals surface area contributed by atoms with E-state index in [1.165, 1.54) is 12.8 Å². The topological polar surface area (TPSA) is 44.1 Å². The normalized spacial score (nSPS) is 18.7. The maximum Gasteiger partial charge on any atom is 0.172 e. The Morgan fingerprint density at radius 3 is 2.60 bits per heavy atom. The lowest BCUT2D eigenvalue weighted by molar-refractivity contribution is -0.145. The summed E-state index contributed by atoms with van der Waals surface area (Å²) in [6.07, 6.45) is 10.4. The molecule has 1 aliphatic rings. The molecule has 0 aromatic carbocycles. The molecule has 0 bridgehead atoms. The number of aromatic nitrogens is 2. The second-order valence-electron chi connectivity index (χ2n) is 5.57. The monoisotopic (exact) mass is 278 g/mol. The average Bonchev–Trinajstić information content (AvgIpc) is 2.75. The molecule has 0 atom stereocenters. The molecule has 0 spiro atoms. The van der Waals surface area contributed by atoms with Crippen LogP contribution in [0.2, 0.25) is 0 Å². The summed E-state index contributed by atoms with van der Waals surface area (Å²) in [5, 5.41) is 0. The summed E-state index contributed by atoms with van der Waals surface area (Å²) in [5.41, 5.74) is -0.560. The molecular formula is C16H26N2O2. The van der Waals surface area contributed by atoms with Gasteiger partial charge in [0.05, 0.1) is 6.42 Å². The second kappa shape index (κ2) is 7.02. The van der Waals surface area contributed by atoms with Crippen molar-refractivity contribution in [2.75, 3.05) is 6.61 Å². The number of rotatable bonds is 6. The lowest BCUT2D eigenvalue weighted by Crippen LogP contribution is -2.42. The minimum atomic E-state index is -0.560. The molecule has 112 valence electrons. The van der Waals surface area contributed by atoms with Gasteiger partial charge >= 0.3 is 0 Å². The van der Waals surface area contributed by atoms with E-state index in [1.54, 1.807) is 6.20 Å². The van der Waals surface area contributed by atoms with Gasteiger partial charge in [0.1, 0.15) is 11.4 Å². The lowest BCUT2D eigenvalue weighted by Gasteiger charge is -2.31. The third kappa shape index (κ3) is 3.29.